The number of amides is 1. The first kappa shape index (κ1) is 17.5. The summed E-state index contributed by atoms with van der Waals surface area (Å²) in [6, 6.07) is 9.82. The summed E-state index contributed by atoms with van der Waals surface area (Å²) in [5.41, 5.74) is 0.412. The van der Waals surface area contributed by atoms with Crippen molar-refractivity contribution < 1.29 is 19.4 Å². The number of hydrogen-bond donors (Lipinski definition) is 1. The Labute approximate surface area is 137 Å². The summed E-state index contributed by atoms with van der Waals surface area (Å²) in [5, 5.41) is 9.15. The van der Waals surface area contributed by atoms with E-state index >= 15 is 0 Å². The SMILES string of the molecule is CC(C)(COCc1ccccc1)C(=O)N1CCC[C@H](C(=O)O)C1. The lowest BCUT2D eigenvalue weighted by Gasteiger charge is -2.36. The van der Waals surface area contributed by atoms with E-state index in [9.17, 15) is 9.59 Å². The quantitative estimate of drug-likeness (QED) is 0.875. The van der Waals surface area contributed by atoms with E-state index in [0.717, 1.165) is 12.0 Å². The maximum atomic E-state index is 12.7. The lowest BCUT2D eigenvalue weighted by atomic mass is 9.90. The molecule has 0 bridgehead atoms. The first-order valence-corrected chi connectivity index (χ1v) is 8.04. The van der Waals surface area contributed by atoms with Crippen LogP contribution in [0.2, 0.25) is 0 Å². The van der Waals surface area contributed by atoms with E-state index in [0.29, 0.717) is 32.7 Å². The van der Waals surface area contributed by atoms with Gasteiger partial charge in [-0.25, -0.2) is 0 Å². The lowest BCUT2D eigenvalue weighted by Crippen LogP contribution is -2.48. The molecule has 1 N–H and O–H groups in total. The van der Waals surface area contributed by atoms with Crippen molar-refractivity contribution in [3.63, 3.8) is 0 Å². The van der Waals surface area contributed by atoms with Crippen LogP contribution in [0, 0.1) is 11.3 Å². The van der Waals surface area contributed by atoms with Crippen LogP contribution in [0.25, 0.3) is 0 Å². The second-order valence-corrected chi connectivity index (χ2v) is 6.79. The molecule has 1 aliphatic heterocycles. The van der Waals surface area contributed by atoms with Crippen LogP contribution in [0.4, 0.5) is 0 Å². The van der Waals surface area contributed by atoms with E-state index in [-0.39, 0.29) is 5.91 Å². The van der Waals surface area contributed by atoms with Crippen molar-refractivity contribution in [3.05, 3.63) is 35.9 Å². The van der Waals surface area contributed by atoms with Gasteiger partial charge in [-0.3, -0.25) is 9.59 Å². The highest BCUT2D eigenvalue weighted by molar-refractivity contribution is 5.83. The molecule has 0 aromatic heterocycles. The summed E-state index contributed by atoms with van der Waals surface area (Å²) in [6.45, 7) is 5.42. The molecule has 0 spiro atoms. The van der Waals surface area contributed by atoms with Gasteiger partial charge in [0, 0.05) is 13.1 Å². The number of ether oxygens (including phenoxy) is 1. The van der Waals surface area contributed by atoms with Crippen LogP contribution in [0.1, 0.15) is 32.3 Å². The second-order valence-electron chi connectivity index (χ2n) is 6.79. The van der Waals surface area contributed by atoms with E-state index in [4.69, 9.17) is 9.84 Å². The van der Waals surface area contributed by atoms with Gasteiger partial charge in [0.2, 0.25) is 5.91 Å². The molecule has 23 heavy (non-hydrogen) atoms. The Morgan fingerprint density at radius 3 is 2.65 bits per heavy atom. The number of hydrogen-bond acceptors (Lipinski definition) is 3. The minimum absolute atomic E-state index is 0.0310. The first-order chi connectivity index (χ1) is 10.9. The molecule has 126 valence electrons. The number of carbonyl (C=O) groups excluding carboxylic acids is 1. The minimum Gasteiger partial charge on any atom is -0.481 e. The highest BCUT2D eigenvalue weighted by Gasteiger charge is 2.36. The molecule has 1 aliphatic rings. The second kappa shape index (κ2) is 7.59. The van der Waals surface area contributed by atoms with Crippen molar-refractivity contribution in [2.24, 2.45) is 11.3 Å². The third-order valence-electron chi connectivity index (χ3n) is 4.21. The first-order valence-electron chi connectivity index (χ1n) is 8.04. The highest BCUT2D eigenvalue weighted by Crippen LogP contribution is 2.25. The van der Waals surface area contributed by atoms with Crippen LogP contribution >= 0.6 is 0 Å². The normalized spacial score (nSPS) is 18.7. The molecule has 1 saturated heterocycles. The van der Waals surface area contributed by atoms with Gasteiger partial charge in [0.15, 0.2) is 0 Å². The predicted octanol–water partition coefficient (Wildman–Crippen LogP) is 2.55. The minimum atomic E-state index is -0.819. The summed E-state index contributed by atoms with van der Waals surface area (Å²) in [4.78, 5) is 25.5. The summed E-state index contributed by atoms with van der Waals surface area (Å²) < 4.78 is 5.71. The number of nitrogens with zero attached hydrogens (tertiary/aromatic N) is 1. The molecule has 1 heterocycles. The average molecular weight is 319 g/mol. The fraction of sp³-hybridized carbons (Fsp3) is 0.556. The Morgan fingerprint density at radius 1 is 1.30 bits per heavy atom. The third-order valence-corrected chi connectivity index (χ3v) is 4.21. The van der Waals surface area contributed by atoms with Crippen LogP contribution in [-0.2, 0) is 20.9 Å². The zero-order valence-corrected chi connectivity index (χ0v) is 13.8. The van der Waals surface area contributed by atoms with Gasteiger partial charge < -0.3 is 14.7 Å². The number of benzene rings is 1. The van der Waals surface area contributed by atoms with Gasteiger partial charge >= 0.3 is 5.97 Å². The number of likely N-dealkylation sites (tertiary alicyclic amines) is 1. The van der Waals surface area contributed by atoms with Crippen molar-refractivity contribution in [1.82, 2.24) is 4.90 Å². The molecule has 1 fully saturated rings. The van der Waals surface area contributed by atoms with Crippen LogP contribution in [-0.4, -0.2) is 41.6 Å². The molecule has 5 heteroatoms. The summed E-state index contributed by atoms with van der Waals surface area (Å²) in [6.07, 6.45) is 1.38. The standard InChI is InChI=1S/C18H25NO4/c1-18(2,13-23-12-14-7-4-3-5-8-14)17(22)19-10-6-9-15(11-19)16(20)21/h3-5,7-8,15H,6,9-13H2,1-2H3,(H,20,21)/t15-/m0/s1. The van der Waals surface area contributed by atoms with Gasteiger partial charge in [0.05, 0.1) is 24.5 Å². The molecule has 0 saturated carbocycles. The number of rotatable bonds is 6. The van der Waals surface area contributed by atoms with Crippen LogP contribution in [0.15, 0.2) is 30.3 Å². The number of carbonyl (C=O) groups is 2. The van der Waals surface area contributed by atoms with E-state index in [2.05, 4.69) is 0 Å². The predicted molar refractivity (Wildman–Crippen MR) is 86.8 cm³/mol. The molecule has 1 atom stereocenters. The number of carboxylic acids is 1. The van der Waals surface area contributed by atoms with E-state index in [1.54, 1.807) is 4.90 Å². The van der Waals surface area contributed by atoms with Gasteiger partial charge in [-0.05, 0) is 32.3 Å². The molecule has 2 rings (SSSR count). The highest BCUT2D eigenvalue weighted by atomic mass is 16.5. The summed E-state index contributed by atoms with van der Waals surface area (Å²) in [5.74, 6) is -1.30. The van der Waals surface area contributed by atoms with Crippen LogP contribution < -0.4 is 0 Å². The fourth-order valence-electron chi connectivity index (χ4n) is 2.85. The number of aliphatic carboxylic acids is 1. The van der Waals surface area contributed by atoms with Gasteiger partial charge in [-0.2, -0.15) is 0 Å². The summed E-state index contributed by atoms with van der Waals surface area (Å²) >= 11 is 0. The van der Waals surface area contributed by atoms with Gasteiger partial charge in [0.25, 0.3) is 0 Å². The van der Waals surface area contributed by atoms with E-state index in [1.165, 1.54) is 0 Å². The van der Waals surface area contributed by atoms with Gasteiger partial charge in [-0.1, -0.05) is 30.3 Å². The molecule has 0 aliphatic carbocycles. The molecule has 5 nitrogen and oxygen atoms in total. The lowest BCUT2D eigenvalue weighted by molar-refractivity contribution is -0.150. The third kappa shape index (κ3) is 4.79. The monoisotopic (exact) mass is 319 g/mol. The van der Waals surface area contributed by atoms with Crippen molar-refractivity contribution >= 4 is 11.9 Å². The maximum Gasteiger partial charge on any atom is 0.308 e. The van der Waals surface area contributed by atoms with Crippen LogP contribution in [0.3, 0.4) is 0 Å². The van der Waals surface area contributed by atoms with Gasteiger partial charge in [0.1, 0.15) is 0 Å². The van der Waals surface area contributed by atoms with Crippen molar-refractivity contribution in [2.45, 2.75) is 33.3 Å². The average Bonchev–Trinajstić information content (AvgIpc) is 2.55. The molecule has 0 unspecified atom stereocenters. The Kier molecular flexibility index (Phi) is 5.77. The molecule has 1 aromatic carbocycles. The van der Waals surface area contributed by atoms with Gasteiger partial charge in [-0.15, -0.1) is 0 Å². The zero-order chi connectivity index (χ0) is 16.9. The number of piperidine rings is 1. The Balaban J connectivity index is 1.87. The molecular formula is C18H25NO4. The van der Waals surface area contributed by atoms with Crippen molar-refractivity contribution in [1.29, 1.82) is 0 Å². The topological polar surface area (TPSA) is 66.8 Å². The number of carboxylic acid groups (broad SMARTS) is 1. The Morgan fingerprint density at radius 2 is 2.00 bits per heavy atom. The van der Waals surface area contributed by atoms with E-state index in [1.807, 2.05) is 44.2 Å². The Hall–Kier alpha value is -1.88. The van der Waals surface area contributed by atoms with Crippen molar-refractivity contribution in [2.75, 3.05) is 19.7 Å². The van der Waals surface area contributed by atoms with Crippen LogP contribution in [0.5, 0.6) is 0 Å². The largest absolute Gasteiger partial charge is 0.481 e. The maximum absolute atomic E-state index is 12.7. The van der Waals surface area contributed by atoms with E-state index < -0.39 is 17.3 Å². The van der Waals surface area contributed by atoms with Crippen molar-refractivity contribution in [3.8, 4) is 0 Å². The molecular weight excluding hydrogens is 294 g/mol. The molecule has 0 radical (unpaired) electrons. The fourth-order valence-corrected chi connectivity index (χ4v) is 2.85. The molecule has 1 aromatic rings. The summed E-state index contributed by atoms with van der Waals surface area (Å²) in [7, 11) is 0. The Bertz CT molecular complexity index is 541. The molecule has 1 amide bonds. The zero-order valence-electron chi connectivity index (χ0n) is 13.8. The smallest absolute Gasteiger partial charge is 0.308 e.